The van der Waals surface area contributed by atoms with Crippen LogP contribution in [0.15, 0.2) is 36.7 Å². The van der Waals surface area contributed by atoms with E-state index in [2.05, 4.69) is 39.5 Å². The molecular formula is C25H34N4O3S. The molecule has 0 amide bonds. The molecule has 2 aromatic heterocycles. The number of ether oxygens (including phenoxy) is 2. The molecule has 8 heteroatoms. The zero-order valence-corrected chi connectivity index (χ0v) is 20.5. The van der Waals surface area contributed by atoms with Gasteiger partial charge in [0.2, 0.25) is 5.95 Å². The number of aliphatic hydroxyl groups is 1. The van der Waals surface area contributed by atoms with Crippen LogP contribution in [-0.4, -0.2) is 57.7 Å². The summed E-state index contributed by atoms with van der Waals surface area (Å²) in [5, 5.41) is 14.5. The van der Waals surface area contributed by atoms with Gasteiger partial charge in [0.25, 0.3) is 0 Å². The topological polar surface area (TPSA) is 81.4 Å². The lowest BCUT2D eigenvalue weighted by molar-refractivity contribution is -0.120. The van der Waals surface area contributed by atoms with E-state index in [9.17, 15) is 5.11 Å². The number of anilines is 1. The summed E-state index contributed by atoms with van der Waals surface area (Å²) in [5.74, 6) is 3.71. The molecule has 1 aromatic carbocycles. The molecule has 1 aliphatic carbocycles. The van der Waals surface area contributed by atoms with E-state index >= 15 is 0 Å². The van der Waals surface area contributed by atoms with E-state index in [0.29, 0.717) is 12.0 Å². The van der Waals surface area contributed by atoms with Gasteiger partial charge in [0.1, 0.15) is 11.6 Å². The number of methoxy groups -OCH3 is 1. The fourth-order valence-electron chi connectivity index (χ4n) is 4.51. The van der Waals surface area contributed by atoms with E-state index in [4.69, 9.17) is 14.5 Å². The van der Waals surface area contributed by atoms with Crippen LogP contribution in [-0.2, 0) is 4.74 Å². The maximum atomic E-state index is 9.93. The number of aromatic nitrogens is 3. The van der Waals surface area contributed by atoms with Gasteiger partial charge in [0, 0.05) is 42.4 Å². The van der Waals surface area contributed by atoms with Crippen LogP contribution in [0.2, 0.25) is 0 Å². The summed E-state index contributed by atoms with van der Waals surface area (Å²) in [4.78, 5) is 9.40. The van der Waals surface area contributed by atoms with E-state index in [1.54, 1.807) is 7.11 Å². The number of nitrogens with one attached hydrogen (secondary N) is 1. The number of benzene rings is 1. The monoisotopic (exact) mass is 470 g/mol. The molecule has 1 unspecified atom stereocenters. The van der Waals surface area contributed by atoms with Crippen molar-refractivity contribution < 1.29 is 14.6 Å². The number of thioether (sulfide) groups is 1. The summed E-state index contributed by atoms with van der Waals surface area (Å²) in [6, 6.07) is 8.55. The fourth-order valence-corrected chi connectivity index (χ4v) is 4.91. The quantitative estimate of drug-likeness (QED) is 0.325. The zero-order chi connectivity index (χ0) is 23.2. The van der Waals surface area contributed by atoms with E-state index < -0.39 is 6.29 Å². The minimum Gasteiger partial charge on any atom is -0.493 e. The van der Waals surface area contributed by atoms with E-state index in [0.717, 1.165) is 72.5 Å². The van der Waals surface area contributed by atoms with Gasteiger partial charge in [0.05, 0.1) is 12.1 Å². The Labute approximate surface area is 199 Å². The Morgan fingerprint density at radius 3 is 2.82 bits per heavy atom. The van der Waals surface area contributed by atoms with E-state index in [1.807, 2.05) is 37.0 Å². The molecular weight excluding hydrogens is 436 g/mol. The number of aryl methyl sites for hydroxylation is 1. The lowest BCUT2D eigenvalue weighted by Crippen LogP contribution is -2.32. The maximum Gasteiger partial charge on any atom is 0.224 e. The first kappa shape index (κ1) is 23.9. The molecule has 178 valence electrons. The third kappa shape index (κ3) is 5.62. The van der Waals surface area contributed by atoms with Crippen molar-refractivity contribution in [3.05, 3.63) is 42.2 Å². The molecule has 3 aromatic rings. The zero-order valence-electron chi connectivity index (χ0n) is 19.7. The second-order valence-corrected chi connectivity index (χ2v) is 9.64. The van der Waals surface area contributed by atoms with Crippen LogP contribution in [0, 0.1) is 12.8 Å². The summed E-state index contributed by atoms with van der Waals surface area (Å²) in [7, 11) is 1.56. The number of nitrogens with zero attached hydrogens (tertiary/aromatic N) is 3. The molecule has 0 bridgehead atoms. The van der Waals surface area contributed by atoms with Gasteiger partial charge in [-0.15, -0.1) is 0 Å². The van der Waals surface area contributed by atoms with Gasteiger partial charge in [-0.05, 0) is 69.2 Å². The van der Waals surface area contributed by atoms with Crippen molar-refractivity contribution in [2.24, 2.45) is 5.92 Å². The molecule has 2 N–H and O–H groups in total. The van der Waals surface area contributed by atoms with Gasteiger partial charge in [-0.2, -0.15) is 16.7 Å². The molecule has 1 saturated carbocycles. The number of fused-ring (bicyclic) bond motifs is 1. The lowest BCUT2D eigenvalue weighted by atomic mass is 9.85. The average Bonchev–Trinajstić information content (AvgIpc) is 3.28. The number of aliphatic hydroxyl groups excluding tert-OH is 1. The minimum atomic E-state index is -0.672. The highest BCUT2D eigenvalue weighted by Crippen LogP contribution is 2.31. The smallest absolute Gasteiger partial charge is 0.224 e. The fraction of sp³-hybridized carbons (Fsp3) is 0.520. The summed E-state index contributed by atoms with van der Waals surface area (Å²) < 4.78 is 13.3. The van der Waals surface area contributed by atoms with Crippen molar-refractivity contribution in [3.8, 4) is 11.6 Å². The Bertz CT molecular complexity index is 1050. The van der Waals surface area contributed by atoms with Crippen molar-refractivity contribution in [3.63, 3.8) is 0 Å². The molecule has 0 aliphatic heterocycles. The molecule has 0 spiro atoms. The van der Waals surface area contributed by atoms with Crippen LogP contribution in [0.3, 0.4) is 0 Å². The predicted octanol–water partition coefficient (Wildman–Crippen LogP) is 4.80. The van der Waals surface area contributed by atoms with Crippen molar-refractivity contribution in [1.82, 2.24) is 14.5 Å². The van der Waals surface area contributed by atoms with Crippen molar-refractivity contribution in [2.45, 2.75) is 51.4 Å². The number of hydrogen-bond acceptors (Lipinski definition) is 7. The van der Waals surface area contributed by atoms with Crippen LogP contribution in [0.4, 0.5) is 5.95 Å². The normalized spacial score (nSPS) is 19.5. The third-order valence-corrected chi connectivity index (χ3v) is 7.06. The van der Waals surface area contributed by atoms with Crippen LogP contribution in [0.25, 0.3) is 16.7 Å². The first-order chi connectivity index (χ1) is 16.1. The highest BCUT2D eigenvalue weighted by atomic mass is 32.2. The molecule has 0 saturated heterocycles. The highest BCUT2D eigenvalue weighted by Gasteiger charge is 2.27. The summed E-state index contributed by atoms with van der Waals surface area (Å²) in [6.07, 6.45) is 10.2. The van der Waals surface area contributed by atoms with Gasteiger partial charge in [-0.1, -0.05) is 6.07 Å². The van der Waals surface area contributed by atoms with Gasteiger partial charge < -0.3 is 24.5 Å². The van der Waals surface area contributed by atoms with Crippen LogP contribution < -0.4 is 10.1 Å². The molecule has 2 heterocycles. The van der Waals surface area contributed by atoms with Crippen molar-refractivity contribution in [1.29, 1.82) is 0 Å². The minimum absolute atomic E-state index is 0.200. The molecule has 7 nitrogen and oxygen atoms in total. The van der Waals surface area contributed by atoms with Crippen molar-refractivity contribution in [2.75, 3.05) is 31.0 Å². The molecule has 33 heavy (non-hydrogen) atoms. The van der Waals surface area contributed by atoms with Gasteiger partial charge in [0.15, 0.2) is 6.29 Å². The van der Waals surface area contributed by atoms with Crippen molar-refractivity contribution >= 4 is 28.6 Å². The SMILES string of the molecule is COC(O)[C@H]1CC[C@@H](Nc2ncc(C)c(-n3ccc4c(OCCCSC)cccc43)n2)CC1. The largest absolute Gasteiger partial charge is 0.493 e. The summed E-state index contributed by atoms with van der Waals surface area (Å²) >= 11 is 1.84. The van der Waals surface area contributed by atoms with Crippen LogP contribution in [0.5, 0.6) is 5.75 Å². The second-order valence-electron chi connectivity index (χ2n) is 8.65. The molecule has 1 fully saturated rings. The van der Waals surface area contributed by atoms with E-state index in [-0.39, 0.29) is 5.92 Å². The Hall–Kier alpha value is -2.29. The number of hydrogen-bond donors (Lipinski definition) is 2. The second kappa shape index (κ2) is 11.2. The first-order valence-corrected chi connectivity index (χ1v) is 13.0. The van der Waals surface area contributed by atoms with Gasteiger partial charge in [-0.25, -0.2) is 4.98 Å². The molecule has 1 aliphatic rings. The van der Waals surface area contributed by atoms with Crippen LogP contribution >= 0.6 is 11.8 Å². The first-order valence-electron chi connectivity index (χ1n) is 11.6. The van der Waals surface area contributed by atoms with Crippen LogP contribution in [0.1, 0.15) is 37.7 Å². The number of rotatable bonds is 10. The lowest BCUT2D eigenvalue weighted by Gasteiger charge is -2.31. The Morgan fingerprint density at radius 1 is 1.24 bits per heavy atom. The summed E-state index contributed by atoms with van der Waals surface area (Å²) in [5.41, 5.74) is 2.08. The standard InChI is InChI=1S/C25H34N4O3S/c1-17-16-26-25(27-19-10-8-18(9-11-19)24(30)31-2)28-23(17)29-13-12-20-21(29)6-4-7-22(20)32-14-5-15-33-3/h4,6-7,12-13,16,18-19,24,30H,5,8-11,14-15H2,1-3H3,(H,26,27,28)/t18-,19+,24?. The third-order valence-electron chi connectivity index (χ3n) is 6.37. The van der Waals surface area contributed by atoms with E-state index in [1.165, 1.54) is 0 Å². The molecule has 4 rings (SSSR count). The highest BCUT2D eigenvalue weighted by molar-refractivity contribution is 7.98. The molecule has 1 atom stereocenters. The average molecular weight is 471 g/mol. The Morgan fingerprint density at radius 2 is 2.06 bits per heavy atom. The molecule has 0 radical (unpaired) electrons. The Balaban J connectivity index is 1.50. The predicted molar refractivity (Wildman–Crippen MR) is 134 cm³/mol. The summed E-state index contributed by atoms with van der Waals surface area (Å²) in [6.45, 7) is 2.75. The maximum absolute atomic E-state index is 9.93. The van der Waals surface area contributed by atoms with Gasteiger partial charge in [-0.3, -0.25) is 0 Å². The van der Waals surface area contributed by atoms with Gasteiger partial charge >= 0.3 is 0 Å². The Kier molecular flexibility index (Phi) is 8.11.